The Morgan fingerprint density at radius 1 is 1.38 bits per heavy atom. The number of hydrogen-bond acceptors (Lipinski definition) is 4. The largest absolute Gasteiger partial charge is 0.295 e. The van der Waals surface area contributed by atoms with Crippen LogP contribution in [0.5, 0.6) is 0 Å². The molecular weight excluding hydrogens is 288 g/mol. The van der Waals surface area contributed by atoms with Crippen molar-refractivity contribution < 1.29 is 8.42 Å². The van der Waals surface area contributed by atoms with E-state index in [1.807, 2.05) is 16.9 Å². The molecule has 118 valence electrons. The van der Waals surface area contributed by atoms with E-state index in [1.165, 1.54) is 37.6 Å². The maximum atomic E-state index is 11.3. The summed E-state index contributed by atoms with van der Waals surface area (Å²) in [5, 5.41) is 4.36. The number of hydrogen-bond donors (Lipinski definition) is 1. The maximum Gasteiger partial charge on any atom is 0.208 e. The zero-order chi connectivity index (χ0) is 14.9. The highest BCUT2D eigenvalue weighted by atomic mass is 32.2. The molecule has 7 heteroatoms. The van der Waals surface area contributed by atoms with Crippen molar-refractivity contribution in [3.63, 3.8) is 0 Å². The molecule has 1 N–H and O–H groups in total. The van der Waals surface area contributed by atoms with Gasteiger partial charge in [0.15, 0.2) is 0 Å². The minimum Gasteiger partial charge on any atom is -0.295 e. The van der Waals surface area contributed by atoms with Crippen LogP contribution in [0, 0.1) is 5.92 Å². The molecule has 1 aromatic heterocycles. The van der Waals surface area contributed by atoms with Gasteiger partial charge in [-0.25, -0.2) is 13.1 Å². The molecule has 1 unspecified atom stereocenters. The van der Waals surface area contributed by atoms with Crippen LogP contribution in [0.3, 0.4) is 0 Å². The van der Waals surface area contributed by atoms with Crippen LogP contribution in [0.1, 0.15) is 37.4 Å². The highest BCUT2D eigenvalue weighted by Gasteiger charge is 2.28. The molecule has 6 nitrogen and oxygen atoms in total. The van der Waals surface area contributed by atoms with Gasteiger partial charge in [0.25, 0.3) is 0 Å². The Labute approximate surface area is 126 Å². The van der Waals surface area contributed by atoms with E-state index in [2.05, 4.69) is 14.7 Å². The van der Waals surface area contributed by atoms with Gasteiger partial charge >= 0.3 is 0 Å². The van der Waals surface area contributed by atoms with E-state index in [0.29, 0.717) is 6.54 Å². The van der Waals surface area contributed by atoms with Gasteiger partial charge in [0.05, 0.1) is 18.0 Å². The Morgan fingerprint density at radius 2 is 2.14 bits per heavy atom. The Balaban J connectivity index is 1.67. The summed E-state index contributed by atoms with van der Waals surface area (Å²) in [7, 11) is -3.16. The van der Waals surface area contributed by atoms with Crippen LogP contribution in [-0.2, 0) is 16.6 Å². The first-order chi connectivity index (χ1) is 10.0. The molecule has 3 rings (SSSR count). The fourth-order valence-electron chi connectivity index (χ4n) is 3.56. The number of rotatable bonds is 5. The standard InChI is InChI=1S/C14H24N4O2S/c1-21(19,20)16-8-14-11-17(9-12-4-2-3-5-12)10-13-6-7-15-18(13)14/h6-7,12,14,16H,2-5,8-11H2,1H3. The molecule has 1 aliphatic carbocycles. The van der Waals surface area contributed by atoms with Crippen molar-refractivity contribution in [3.8, 4) is 0 Å². The summed E-state index contributed by atoms with van der Waals surface area (Å²) in [4.78, 5) is 2.46. The van der Waals surface area contributed by atoms with E-state index < -0.39 is 10.0 Å². The Hall–Kier alpha value is -0.920. The fraction of sp³-hybridized carbons (Fsp3) is 0.786. The van der Waals surface area contributed by atoms with Crippen molar-refractivity contribution in [3.05, 3.63) is 18.0 Å². The number of nitrogens with one attached hydrogen (secondary N) is 1. The lowest BCUT2D eigenvalue weighted by Gasteiger charge is -2.35. The predicted octanol–water partition coefficient (Wildman–Crippen LogP) is 0.979. The van der Waals surface area contributed by atoms with Gasteiger partial charge in [-0.2, -0.15) is 5.10 Å². The van der Waals surface area contributed by atoms with Gasteiger partial charge in [-0.3, -0.25) is 9.58 Å². The maximum absolute atomic E-state index is 11.3. The minimum atomic E-state index is -3.16. The van der Waals surface area contributed by atoms with Crippen LogP contribution < -0.4 is 4.72 Å². The van der Waals surface area contributed by atoms with Gasteiger partial charge in [-0.05, 0) is 24.8 Å². The van der Waals surface area contributed by atoms with Gasteiger partial charge in [0.2, 0.25) is 10.0 Å². The van der Waals surface area contributed by atoms with Crippen LogP contribution in [0.25, 0.3) is 0 Å². The van der Waals surface area contributed by atoms with E-state index in [0.717, 1.165) is 25.6 Å². The normalized spacial score (nSPS) is 24.3. The molecule has 0 radical (unpaired) electrons. The van der Waals surface area contributed by atoms with Crippen LogP contribution in [0.15, 0.2) is 12.3 Å². The van der Waals surface area contributed by atoms with E-state index in [-0.39, 0.29) is 6.04 Å². The van der Waals surface area contributed by atoms with E-state index >= 15 is 0 Å². The number of sulfonamides is 1. The smallest absolute Gasteiger partial charge is 0.208 e. The second-order valence-electron chi connectivity index (χ2n) is 6.39. The van der Waals surface area contributed by atoms with Gasteiger partial charge < -0.3 is 0 Å². The Kier molecular flexibility index (Phi) is 4.33. The molecule has 21 heavy (non-hydrogen) atoms. The lowest BCUT2D eigenvalue weighted by atomic mass is 10.1. The van der Waals surface area contributed by atoms with Gasteiger partial charge in [0.1, 0.15) is 0 Å². The Morgan fingerprint density at radius 3 is 2.86 bits per heavy atom. The molecule has 2 aliphatic rings. The van der Waals surface area contributed by atoms with Crippen LogP contribution in [0.4, 0.5) is 0 Å². The highest BCUT2D eigenvalue weighted by molar-refractivity contribution is 7.88. The first-order valence-corrected chi connectivity index (χ1v) is 9.60. The zero-order valence-electron chi connectivity index (χ0n) is 12.5. The van der Waals surface area contributed by atoms with Crippen LogP contribution in [0.2, 0.25) is 0 Å². The summed E-state index contributed by atoms with van der Waals surface area (Å²) in [6, 6.07) is 2.12. The number of fused-ring (bicyclic) bond motifs is 1. The lowest BCUT2D eigenvalue weighted by Crippen LogP contribution is -2.44. The molecule has 0 aromatic carbocycles. The molecule has 1 saturated carbocycles. The molecule has 1 aromatic rings. The molecule has 0 spiro atoms. The van der Waals surface area contributed by atoms with Crippen molar-refractivity contribution >= 4 is 10.0 Å². The molecule has 0 amide bonds. The zero-order valence-corrected chi connectivity index (χ0v) is 13.3. The van der Waals surface area contributed by atoms with Crippen LogP contribution in [-0.4, -0.2) is 49.0 Å². The van der Waals surface area contributed by atoms with Crippen molar-refractivity contribution in [2.45, 2.75) is 38.3 Å². The summed E-state index contributed by atoms with van der Waals surface area (Å²) in [5.41, 5.74) is 1.18. The number of nitrogens with zero attached hydrogens (tertiary/aromatic N) is 3. The fourth-order valence-corrected chi connectivity index (χ4v) is 4.06. The van der Waals surface area contributed by atoms with Crippen molar-refractivity contribution in [2.75, 3.05) is 25.9 Å². The highest BCUT2D eigenvalue weighted by Crippen LogP contribution is 2.28. The topological polar surface area (TPSA) is 67.2 Å². The third kappa shape index (κ3) is 3.84. The summed E-state index contributed by atoms with van der Waals surface area (Å²) in [5.74, 6) is 0.808. The molecule has 1 atom stereocenters. The van der Waals surface area contributed by atoms with Gasteiger partial charge in [-0.15, -0.1) is 0 Å². The van der Waals surface area contributed by atoms with E-state index in [4.69, 9.17) is 0 Å². The second kappa shape index (κ2) is 6.06. The molecule has 0 bridgehead atoms. The predicted molar refractivity (Wildman–Crippen MR) is 81.3 cm³/mol. The summed E-state index contributed by atoms with van der Waals surface area (Å²) in [6.45, 7) is 3.33. The van der Waals surface area contributed by atoms with Gasteiger partial charge in [0, 0.05) is 32.4 Å². The van der Waals surface area contributed by atoms with Gasteiger partial charge in [-0.1, -0.05) is 12.8 Å². The van der Waals surface area contributed by atoms with Crippen molar-refractivity contribution in [2.24, 2.45) is 5.92 Å². The summed E-state index contributed by atoms with van der Waals surface area (Å²) >= 11 is 0. The third-order valence-electron chi connectivity index (χ3n) is 4.52. The SMILES string of the molecule is CS(=O)(=O)NCC1CN(CC2CCCC2)Cc2ccnn21. The first-order valence-electron chi connectivity index (χ1n) is 7.70. The molecule has 1 fully saturated rings. The minimum absolute atomic E-state index is 0.0832. The molecular formula is C14H24N4O2S. The molecule has 0 saturated heterocycles. The monoisotopic (exact) mass is 312 g/mol. The number of aromatic nitrogens is 2. The van der Waals surface area contributed by atoms with E-state index in [9.17, 15) is 8.42 Å². The van der Waals surface area contributed by atoms with Crippen LogP contribution >= 0.6 is 0 Å². The summed E-state index contributed by atoms with van der Waals surface area (Å²) in [6.07, 6.45) is 8.40. The Bertz CT molecular complexity index is 578. The average molecular weight is 312 g/mol. The first kappa shape index (κ1) is 15.0. The van der Waals surface area contributed by atoms with Crippen molar-refractivity contribution in [1.82, 2.24) is 19.4 Å². The van der Waals surface area contributed by atoms with Crippen molar-refractivity contribution in [1.29, 1.82) is 0 Å². The summed E-state index contributed by atoms with van der Waals surface area (Å²) < 4.78 is 27.3. The average Bonchev–Trinajstić information content (AvgIpc) is 3.05. The molecule has 2 heterocycles. The molecule has 1 aliphatic heterocycles. The quantitative estimate of drug-likeness (QED) is 0.880. The third-order valence-corrected chi connectivity index (χ3v) is 5.22. The van der Waals surface area contributed by atoms with E-state index in [1.54, 1.807) is 0 Å². The lowest BCUT2D eigenvalue weighted by molar-refractivity contribution is 0.152. The second-order valence-corrected chi connectivity index (χ2v) is 8.22.